The summed E-state index contributed by atoms with van der Waals surface area (Å²) < 4.78 is 22.9. The van der Waals surface area contributed by atoms with E-state index < -0.39 is 54.2 Å². The third-order valence-electron chi connectivity index (χ3n) is 6.87. The van der Waals surface area contributed by atoms with Gasteiger partial charge in [-0.25, -0.2) is 14.4 Å². The van der Waals surface area contributed by atoms with Crippen molar-refractivity contribution in [3.63, 3.8) is 0 Å². The lowest BCUT2D eigenvalue weighted by atomic mass is 9.90. The number of benzene rings is 3. The molecule has 3 aromatic rings. The molecule has 0 aliphatic carbocycles. The molecule has 2 unspecified atom stereocenters. The van der Waals surface area contributed by atoms with Crippen LogP contribution < -0.4 is 0 Å². The molecule has 1 aliphatic heterocycles. The van der Waals surface area contributed by atoms with Crippen LogP contribution in [0.25, 0.3) is 0 Å². The van der Waals surface area contributed by atoms with Gasteiger partial charge in [0.15, 0.2) is 17.8 Å². The van der Waals surface area contributed by atoms with Crippen molar-refractivity contribution in [2.45, 2.75) is 51.6 Å². The molecular weight excluding hydrogens is 526 g/mol. The minimum Gasteiger partial charge on any atom is -0.459 e. The summed E-state index contributed by atoms with van der Waals surface area (Å²) in [4.78, 5) is 51.9. The van der Waals surface area contributed by atoms with Crippen molar-refractivity contribution in [2.24, 2.45) is 0 Å². The molecule has 0 saturated carbocycles. The highest BCUT2D eigenvalue weighted by Crippen LogP contribution is 2.38. The zero-order chi connectivity index (χ0) is 29.7. The first-order chi connectivity index (χ1) is 19.5. The smallest absolute Gasteiger partial charge is 0.338 e. The zero-order valence-electron chi connectivity index (χ0n) is 23.1. The van der Waals surface area contributed by atoms with Crippen molar-refractivity contribution in [3.05, 3.63) is 106 Å². The number of esters is 3. The number of aryl methyl sites for hydroxylation is 3. The molecule has 9 heteroatoms. The fourth-order valence-electron chi connectivity index (χ4n) is 4.46. The van der Waals surface area contributed by atoms with Gasteiger partial charge in [-0.15, -0.1) is 0 Å². The molecule has 9 nitrogen and oxygen atoms in total. The molecule has 0 amide bonds. The van der Waals surface area contributed by atoms with E-state index in [4.69, 9.17) is 18.9 Å². The summed E-state index contributed by atoms with van der Waals surface area (Å²) >= 11 is 0. The van der Waals surface area contributed by atoms with E-state index in [1.165, 1.54) is 13.0 Å². The van der Waals surface area contributed by atoms with E-state index in [1.807, 2.05) is 20.8 Å². The standard InChI is InChI=1S/C32H29NO8/c1-19-5-11-22(12-6-19)29(35)38-18-26-28(40-30(36)23-13-7-20(2)8-14-23)32(4,27(39-26)25(34)17-33)41-31(37)24-15-9-21(3)10-16-24/h5-16,26-28H,18H2,1-4H3/t26?,27?,28-,32+/m1/s1. The second-order valence-corrected chi connectivity index (χ2v) is 10.1. The van der Waals surface area contributed by atoms with Gasteiger partial charge in [0.25, 0.3) is 5.78 Å². The minimum absolute atomic E-state index is 0.179. The van der Waals surface area contributed by atoms with Crippen molar-refractivity contribution in [1.82, 2.24) is 0 Å². The number of ether oxygens (including phenoxy) is 4. The van der Waals surface area contributed by atoms with Crippen LogP contribution in [0, 0.1) is 32.1 Å². The lowest BCUT2D eigenvalue weighted by molar-refractivity contribution is -0.135. The van der Waals surface area contributed by atoms with Gasteiger partial charge >= 0.3 is 17.9 Å². The van der Waals surface area contributed by atoms with Gasteiger partial charge in [0.2, 0.25) is 0 Å². The monoisotopic (exact) mass is 555 g/mol. The highest BCUT2D eigenvalue weighted by atomic mass is 16.7. The maximum absolute atomic E-state index is 13.2. The molecule has 0 radical (unpaired) electrons. The number of nitrogens with zero attached hydrogens (tertiary/aromatic N) is 1. The molecule has 41 heavy (non-hydrogen) atoms. The van der Waals surface area contributed by atoms with Crippen LogP contribution in [0.15, 0.2) is 72.8 Å². The largest absolute Gasteiger partial charge is 0.459 e. The van der Waals surface area contributed by atoms with Crippen LogP contribution in [-0.2, 0) is 23.7 Å². The molecule has 0 N–H and O–H groups in total. The lowest BCUT2D eigenvalue weighted by Gasteiger charge is -2.33. The van der Waals surface area contributed by atoms with Crippen molar-refractivity contribution in [2.75, 3.05) is 6.61 Å². The summed E-state index contributed by atoms with van der Waals surface area (Å²) in [6.07, 6.45) is -4.28. The van der Waals surface area contributed by atoms with Gasteiger partial charge < -0.3 is 18.9 Å². The first-order valence-electron chi connectivity index (χ1n) is 12.9. The molecule has 0 aromatic heterocycles. The maximum atomic E-state index is 13.2. The van der Waals surface area contributed by atoms with E-state index in [9.17, 15) is 24.4 Å². The van der Waals surface area contributed by atoms with Gasteiger partial charge in [0.05, 0.1) is 16.7 Å². The quantitative estimate of drug-likeness (QED) is 0.225. The minimum atomic E-state index is -1.93. The normalized spacial score (nSPS) is 21.4. The van der Waals surface area contributed by atoms with E-state index in [2.05, 4.69) is 0 Å². The first kappa shape index (κ1) is 29.2. The first-order valence-corrected chi connectivity index (χ1v) is 12.9. The number of rotatable bonds is 8. The topological polar surface area (TPSA) is 129 Å². The summed E-state index contributed by atoms with van der Waals surface area (Å²) in [6, 6.07) is 21.3. The van der Waals surface area contributed by atoms with Gasteiger partial charge in [-0.05, 0) is 64.1 Å². The third kappa shape index (κ3) is 6.51. The SMILES string of the molecule is Cc1ccc(C(=O)OCC2OC(C(=O)C#N)[C@](C)(OC(=O)c3ccc(C)cc3)[C@@H]2OC(=O)c2ccc(C)cc2)cc1. The van der Waals surface area contributed by atoms with E-state index in [-0.39, 0.29) is 16.7 Å². The van der Waals surface area contributed by atoms with E-state index in [0.29, 0.717) is 0 Å². The lowest BCUT2D eigenvalue weighted by Crippen LogP contribution is -2.53. The Morgan fingerprint density at radius 3 is 1.66 bits per heavy atom. The average Bonchev–Trinajstić information content (AvgIpc) is 3.22. The summed E-state index contributed by atoms with van der Waals surface area (Å²) in [5.41, 5.74) is 1.51. The number of nitriles is 1. The number of hydrogen-bond donors (Lipinski definition) is 0. The number of ketones is 1. The highest BCUT2D eigenvalue weighted by molar-refractivity contribution is 5.99. The van der Waals surface area contributed by atoms with Gasteiger partial charge in [-0.1, -0.05) is 53.1 Å². The second kappa shape index (κ2) is 12.1. The predicted molar refractivity (Wildman–Crippen MR) is 146 cm³/mol. The Morgan fingerprint density at radius 2 is 1.20 bits per heavy atom. The van der Waals surface area contributed by atoms with Crippen LogP contribution in [0.1, 0.15) is 54.7 Å². The van der Waals surface area contributed by atoms with Crippen LogP contribution in [0.4, 0.5) is 0 Å². The highest BCUT2D eigenvalue weighted by Gasteiger charge is 2.62. The fraction of sp³-hybridized carbons (Fsp3) is 0.281. The predicted octanol–water partition coefficient (Wildman–Crippen LogP) is 4.47. The van der Waals surface area contributed by atoms with Crippen molar-refractivity contribution in [3.8, 4) is 6.07 Å². The van der Waals surface area contributed by atoms with Crippen LogP contribution in [0.5, 0.6) is 0 Å². The summed E-state index contributed by atoms with van der Waals surface area (Å²) in [6.45, 7) is 6.49. The number of hydrogen-bond acceptors (Lipinski definition) is 9. The summed E-state index contributed by atoms with van der Waals surface area (Å²) in [7, 11) is 0. The van der Waals surface area contributed by atoms with Crippen LogP contribution in [0.3, 0.4) is 0 Å². The van der Waals surface area contributed by atoms with Gasteiger partial charge in [-0.2, -0.15) is 5.26 Å². The van der Waals surface area contributed by atoms with Crippen molar-refractivity contribution in [1.29, 1.82) is 5.26 Å². The molecule has 1 heterocycles. The number of carbonyl (C=O) groups is 4. The number of Topliss-reactive ketones (excluding diaryl/α,β-unsaturated/α-hetero) is 1. The van der Waals surface area contributed by atoms with Gasteiger partial charge in [-0.3, -0.25) is 4.79 Å². The Hall–Kier alpha value is -4.81. The van der Waals surface area contributed by atoms with Crippen LogP contribution >= 0.6 is 0 Å². The van der Waals surface area contributed by atoms with E-state index in [0.717, 1.165) is 16.7 Å². The number of carbonyl (C=O) groups excluding carboxylic acids is 4. The fourth-order valence-corrected chi connectivity index (χ4v) is 4.46. The molecule has 3 aromatic carbocycles. The summed E-state index contributed by atoms with van der Waals surface area (Å²) in [5, 5.41) is 9.44. The van der Waals surface area contributed by atoms with Gasteiger partial charge in [0, 0.05) is 0 Å². The van der Waals surface area contributed by atoms with Crippen LogP contribution in [0.2, 0.25) is 0 Å². The van der Waals surface area contributed by atoms with Gasteiger partial charge in [0.1, 0.15) is 18.8 Å². The Morgan fingerprint density at radius 1 is 0.756 bits per heavy atom. The molecule has 0 spiro atoms. The van der Waals surface area contributed by atoms with E-state index in [1.54, 1.807) is 72.8 Å². The zero-order valence-corrected chi connectivity index (χ0v) is 23.1. The van der Waals surface area contributed by atoms with E-state index >= 15 is 0 Å². The molecule has 4 rings (SSSR count). The molecule has 1 fully saturated rings. The maximum Gasteiger partial charge on any atom is 0.338 e. The Kier molecular flexibility index (Phi) is 8.65. The summed E-state index contributed by atoms with van der Waals surface area (Å²) in [5.74, 6) is -3.32. The Bertz CT molecular complexity index is 1490. The van der Waals surface area contributed by atoms with Crippen molar-refractivity contribution < 1.29 is 38.1 Å². The Labute approximate surface area is 237 Å². The molecule has 4 atom stereocenters. The molecule has 1 aliphatic rings. The molecular formula is C32H29NO8. The molecule has 1 saturated heterocycles. The second-order valence-electron chi connectivity index (χ2n) is 10.1. The Balaban J connectivity index is 1.66. The van der Waals surface area contributed by atoms with Crippen molar-refractivity contribution >= 4 is 23.7 Å². The third-order valence-corrected chi connectivity index (χ3v) is 6.87. The molecule has 210 valence electrons. The average molecular weight is 556 g/mol. The molecule has 0 bridgehead atoms. The van der Waals surface area contributed by atoms with Crippen LogP contribution in [-0.4, -0.2) is 54.2 Å².